The zero-order chi connectivity index (χ0) is 20.5. The highest BCUT2D eigenvalue weighted by Crippen LogP contribution is 2.44. The maximum Gasteiger partial charge on any atom is 0.407 e. The van der Waals surface area contributed by atoms with Crippen LogP contribution in [0.3, 0.4) is 0 Å². The molecule has 2 N–H and O–H groups in total. The van der Waals surface area contributed by atoms with Crippen LogP contribution in [0.25, 0.3) is 22.0 Å². The predicted octanol–water partition coefficient (Wildman–Crippen LogP) is 4.98. The van der Waals surface area contributed by atoms with Crippen LogP contribution >= 0.6 is 0 Å². The smallest absolute Gasteiger partial charge is 0.407 e. The van der Waals surface area contributed by atoms with Crippen molar-refractivity contribution in [3.05, 3.63) is 95.7 Å². The zero-order valence-corrected chi connectivity index (χ0v) is 16.2. The molecule has 1 heterocycles. The topological polar surface area (TPSA) is 71.5 Å². The van der Waals surface area contributed by atoms with Crippen molar-refractivity contribution in [2.45, 2.75) is 12.5 Å². The van der Waals surface area contributed by atoms with Gasteiger partial charge >= 0.3 is 6.09 Å². The summed E-state index contributed by atoms with van der Waals surface area (Å²) in [5.74, 6) is 0.0912. The highest BCUT2D eigenvalue weighted by Gasteiger charge is 2.28. The molecule has 0 fully saturated rings. The molecule has 0 spiro atoms. The van der Waals surface area contributed by atoms with Crippen LogP contribution in [-0.4, -0.2) is 22.8 Å². The number of nitrogens with one attached hydrogen (secondary N) is 1. The van der Waals surface area contributed by atoms with Crippen molar-refractivity contribution in [2.24, 2.45) is 0 Å². The fourth-order valence-corrected chi connectivity index (χ4v) is 4.13. The number of alkyl carbamates (subject to hydrolysis) is 1. The number of amides is 1. The minimum Gasteiger partial charge on any atom is -0.505 e. The number of phenols is 1. The van der Waals surface area contributed by atoms with Crippen LogP contribution in [0.2, 0.25) is 0 Å². The molecule has 1 amide bonds. The van der Waals surface area contributed by atoms with E-state index in [2.05, 4.69) is 34.6 Å². The largest absolute Gasteiger partial charge is 0.505 e. The van der Waals surface area contributed by atoms with Gasteiger partial charge in [0.1, 0.15) is 17.9 Å². The number of pyridine rings is 1. The molecule has 5 rings (SSSR count). The van der Waals surface area contributed by atoms with Gasteiger partial charge in [-0.1, -0.05) is 66.7 Å². The van der Waals surface area contributed by atoms with E-state index in [0.717, 1.165) is 5.39 Å². The van der Waals surface area contributed by atoms with Crippen molar-refractivity contribution in [1.82, 2.24) is 10.3 Å². The van der Waals surface area contributed by atoms with E-state index in [-0.39, 0.29) is 24.8 Å². The summed E-state index contributed by atoms with van der Waals surface area (Å²) in [5, 5.41) is 14.0. The third kappa shape index (κ3) is 3.14. The van der Waals surface area contributed by atoms with Crippen molar-refractivity contribution in [2.75, 3.05) is 6.61 Å². The number of aromatic nitrogens is 1. The molecule has 3 aromatic carbocycles. The number of phenolic OH excluding ortho intramolecular Hbond substituents is 1. The van der Waals surface area contributed by atoms with Gasteiger partial charge in [0.25, 0.3) is 0 Å². The van der Waals surface area contributed by atoms with Crippen LogP contribution in [0.5, 0.6) is 5.75 Å². The number of rotatable bonds is 4. The first-order chi connectivity index (χ1) is 14.7. The van der Waals surface area contributed by atoms with Gasteiger partial charge in [0, 0.05) is 29.6 Å². The number of benzene rings is 3. The lowest BCUT2D eigenvalue weighted by atomic mass is 9.98. The summed E-state index contributed by atoms with van der Waals surface area (Å²) < 4.78 is 5.54. The van der Waals surface area contributed by atoms with E-state index in [0.29, 0.717) is 11.1 Å². The first-order valence-electron chi connectivity index (χ1n) is 9.87. The Morgan fingerprint density at radius 2 is 1.63 bits per heavy atom. The Morgan fingerprint density at radius 1 is 0.933 bits per heavy atom. The first kappa shape index (κ1) is 18.2. The molecule has 0 bridgehead atoms. The van der Waals surface area contributed by atoms with Gasteiger partial charge in [0.15, 0.2) is 0 Å². The number of fused-ring (bicyclic) bond motifs is 4. The van der Waals surface area contributed by atoms with Crippen LogP contribution in [-0.2, 0) is 11.3 Å². The van der Waals surface area contributed by atoms with Crippen molar-refractivity contribution < 1.29 is 14.6 Å². The van der Waals surface area contributed by atoms with Crippen molar-refractivity contribution >= 4 is 17.0 Å². The van der Waals surface area contributed by atoms with Gasteiger partial charge in [-0.3, -0.25) is 4.98 Å². The molecule has 0 radical (unpaired) electrons. The molecule has 1 aliphatic carbocycles. The fourth-order valence-electron chi connectivity index (χ4n) is 4.13. The molecular weight excluding hydrogens is 376 g/mol. The molecule has 30 heavy (non-hydrogen) atoms. The standard InChI is InChI=1S/C25H20N2O3/c28-24-17(12-11-16-6-5-13-26-23(16)24)14-27-25(29)30-15-22-20-9-3-1-7-18(20)19-8-2-4-10-21(19)22/h1-13,22,28H,14-15H2,(H,27,29). The molecule has 0 saturated carbocycles. The molecule has 1 aromatic heterocycles. The van der Waals surface area contributed by atoms with Crippen LogP contribution in [0.1, 0.15) is 22.6 Å². The van der Waals surface area contributed by atoms with Gasteiger partial charge < -0.3 is 15.2 Å². The molecule has 148 valence electrons. The van der Waals surface area contributed by atoms with Crippen LogP contribution in [0.15, 0.2) is 79.0 Å². The van der Waals surface area contributed by atoms with Crippen LogP contribution < -0.4 is 5.32 Å². The Bertz CT molecular complexity index is 1210. The number of carbonyl (C=O) groups is 1. The highest BCUT2D eigenvalue weighted by atomic mass is 16.5. The number of ether oxygens (including phenoxy) is 1. The summed E-state index contributed by atoms with van der Waals surface area (Å²) in [6, 6.07) is 23.8. The van der Waals surface area contributed by atoms with Crippen LogP contribution in [0.4, 0.5) is 4.79 Å². The Balaban J connectivity index is 1.27. The van der Waals surface area contributed by atoms with Crippen LogP contribution in [0, 0.1) is 0 Å². The molecule has 0 aliphatic heterocycles. The summed E-state index contributed by atoms with van der Waals surface area (Å²) in [5.41, 5.74) is 5.83. The molecule has 0 saturated heterocycles. The SMILES string of the molecule is O=C(NCc1ccc2cccnc2c1O)OCC1c2ccccc2-c2ccccc21. The van der Waals surface area contributed by atoms with Gasteiger partial charge in [-0.15, -0.1) is 0 Å². The molecule has 4 aromatic rings. The molecule has 5 heteroatoms. The molecule has 0 atom stereocenters. The van der Waals surface area contributed by atoms with E-state index >= 15 is 0 Å². The van der Waals surface area contributed by atoms with Crippen molar-refractivity contribution in [3.63, 3.8) is 0 Å². The van der Waals surface area contributed by atoms with E-state index in [1.54, 1.807) is 12.3 Å². The lowest BCUT2D eigenvalue weighted by Crippen LogP contribution is -2.25. The molecule has 1 aliphatic rings. The number of hydrogen-bond acceptors (Lipinski definition) is 4. The summed E-state index contributed by atoms with van der Waals surface area (Å²) in [4.78, 5) is 16.5. The van der Waals surface area contributed by atoms with E-state index in [9.17, 15) is 9.90 Å². The lowest BCUT2D eigenvalue weighted by Gasteiger charge is -2.15. The predicted molar refractivity (Wildman–Crippen MR) is 115 cm³/mol. The van der Waals surface area contributed by atoms with Gasteiger partial charge in [0.2, 0.25) is 0 Å². The average Bonchev–Trinajstić information content (AvgIpc) is 3.11. The summed E-state index contributed by atoms with van der Waals surface area (Å²) >= 11 is 0. The Hall–Kier alpha value is -3.86. The minimum absolute atomic E-state index is 0.0152. The fraction of sp³-hybridized carbons (Fsp3) is 0.120. The minimum atomic E-state index is -0.516. The first-order valence-corrected chi connectivity index (χ1v) is 9.87. The van der Waals surface area contributed by atoms with E-state index in [1.807, 2.05) is 42.5 Å². The van der Waals surface area contributed by atoms with Gasteiger partial charge in [-0.2, -0.15) is 0 Å². The number of nitrogens with zero attached hydrogens (tertiary/aromatic N) is 1. The molecule has 0 unspecified atom stereocenters. The Labute approximate surface area is 174 Å². The maximum absolute atomic E-state index is 12.3. The average molecular weight is 396 g/mol. The highest BCUT2D eigenvalue weighted by molar-refractivity contribution is 5.85. The summed E-state index contributed by atoms with van der Waals surface area (Å²) in [6.07, 6.45) is 1.11. The second kappa shape index (κ2) is 7.52. The monoisotopic (exact) mass is 396 g/mol. The molecule has 5 nitrogen and oxygen atoms in total. The van der Waals surface area contributed by atoms with E-state index < -0.39 is 6.09 Å². The Morgan fingerprint density at radius 3 is 2.37 bits per heavy atom. The summed E-state index contributed by atoms with van der Waals surface area (Å²) in [7, 11) is 0. The number of hydrogen-bond donors (Lipinski definition) is 2. The lowest BCUT2D eigenvalue weighted by molar-refractivity contribution is 0.142. The Kier molecular flexibility index (Phi) is 4.56. The summed E-state index contributed by atoms with van der Waals surface area (Å²) in [6.45, 7) is 0.417. The van der Waals surface area contributed by atoms with Gasteiger partial charge in [-0.25, -0.2) is 4.79 Å². The quantitative estimate of drug-likeness (QED) is 0.510. The van der Waals surface area contributed by atoms with Crippen molar-refractivity contribution in [1.29, 1.82) is 0 Å². The van der Waals surface area contributed by atoms with E-state index in [1.165, 1.54) is 22.3 Å². The van der Waals surface area contributed by atoms with Gasteiger partial charge in [-0.05, 0) is 28.3 Å². The zero-order valence-electron chi connectivity index (χ0n) is 16.2. The van der Waals surface area contributed by atoms with E-state index in [4.69, 9.17) is 4.74 Å². The number of aromatic hydroxyl groups is 1. The maximum atomic E-state index is 12.3. The molecular formula is C25H20N2O3. The third-order valence-corrected chi connectivity index (χ3v) is 5.60. The number of carbonyl (C=O) groups excluding carboxylic acids is 1. The second-order valence-corrected chi connectivity index (χ2v) is 7.33. The third-order valence-electron chi connectivity index (χ3n) is 5.60. The normalized spacial score (nSPS) is 12.4. The van der Waals surface area contributed by atoms with Gasteiger partial charge in [0.05, 0.1) is 0 Å². The van der Waals surface area contributed by atoms with Crippen molar-refractivity contribution in [3.8, 4) is 16.9 Å². The second-order valence-electron chi connectivity index (χ2n) is 7.33.